The quantitative estimate of drug-likeness (QED) is 0.121. The molecule has 0 aliphatic heterocycles. The Kier molecular flexibility index (Phi) is 11.1. The smallest absolute Gasteiger partial charge is 0.0618 e. The molecule has 0 saturated heterocycles. The summed E-state index contributed by atoms with van der Waals surface area (Å²) in [5.41, 5.74) is 15.6. The van der Waals surface area contributed by atoms with E-state index in [9.17, 15) is 0 Å². The van der Waals surface area contributed by atoms with E-state index in [2.05, 4.69) is 287 Å². The third kappa shape index (κ3) is 8.01. The fraction of sp³-hybridized carbons (Fsp3) is 0.229. The lowest BCUT2D eigenvalue weighted by atomic mass is 9.78. The van der Waals surface area contributed by atoms with E-state index in [0.29, 0.717) is 0 Å². The van der Waals surface area contributed by atoms with Crippen LogP contribution in [0.5, 0.6) is 0 Å². The van der Waals surface area contributed by atoms with Crippen LogP contribution in [0.2, 0.25) is 0 Å². The molecule has 0 atom stereocenters. The van der Waals surface area contributed by atoms with Crippen LogP contribution >= 0.6 is 0 Å². The maximum Gasteiger partial charge on any atom is 0.0618 e. The normalized spacial score (nSPS) is 14.1. The van der Waals surface area contributed by atoms with Crippen LogP contribution in [0.4, 0.5) is 34.1 Å². The first-order valence-corrected chi connectivity index (χ1v) is 25.8. The molecule has 0 radical (unpaired) electrons. The van der Waals surface area contributed by atoms with Crippen molar-refractivity contribution in [3.8, 4) is 23.0 Å². The van der Waals surface area contributed by atoms with Gasteiger partial charge >= 0.3 is 0 Å². The molecule has 0 aromatic heterocycles. The lowest BCUT2D eigenvalue weighted by Crippen LogP contribution is -2.19. The van der Waals surface area contributed by atoms with Gasteiger partial charge < -0.3 is 9.80 Å². The second-order valence-electron chi connectivity index (χ2n) is 23.5. The van der Waals surface area contributed by atoms with E-state index >= 15 is 0 Å². The molecule has 10 aromatic rings. The van der Waals surface area contributed by atoms with E-state index in [1.807, 2.05) is 0 Å². The molecule has 2 nitrogen and oxygen atoms in total. The van der Waals surface area contributed by atoms with Crippen molar-refractivity contribution in [2.24, 2.45) is 0 Å². The molecule has 2 heteroatoms. The van der Waals surface area contributed by atoms with E-state index in [1.165, 1.54) is 93.3 Å². The molecular formula is C70H66N2. The van der Waals surface area contributed by atoms with Crippen LogP contribution in [0.3, 0.4) is 0 Å². The number of nitrogens with zero attached hydrogens (tertiary/aromatic N) is 2. The minimum Gasteiger partial charge on any atom is -0.309 e. The summed E-state index contributed by atoms with van der Waals surface area (Å²) in [4.78, 5) is 5.00. The summed E-state index contributed by atoms with van der Waals surface area (Å²) in [6.45, 7) is 27.5. The van der Waals surface area contributed by atoms with Crippen LogP contribution < -0.4 is 9.80 Å². The number of para-hydroxylation sites is 2. The molecule has 6 bridgehead atoms. The van der Waals surface area contributed by atoms with Crippen molar-refractivity contribution in [3.05, 3.63) is 215 Å². The first-order chi connectivity index (χ1) is 34.3. The van der Waals surface area contributed by atoms with Gasteiger partial charge in [-0.05, 0) is 180 Å². The Bertz CT molecular complexity index is 3810. The van der Waals surface area contributed by atoms with E-state index in [-0.39, 0.29) is 10.8 Å². The van der Waals surface area contributed by atoms with Gasteiger partial charge in [0.25, 0.3) is 0 Å². The van der Waals surface area contributed by atoms with E-state index in [1.54, 1.807) is 0 Å². The third-order valence-corrected chi connectivity index (χ3v) is 15.3. The number of rotatable bonds is 6. The lowest BCUT2D eigenvalue weighted by Gasteiger charge is -2.33. The van der Waals surface area contributed by atoms with Crippen LogP contribution in [0.1, 0.15) is 103 Å². The Hall–Kier alpha value is -7.60. The van der Waals surface area contributed by atoms with Crippen LogP contribution in [0.25, 0.3) is 54.2 Å². The minimum absolute atomic E-state index is 0.105. The molecule has 356 valence electrons. The predicted molar refractivity (Wildman–Crippen MR) is 312 cm³/mol. The fourth-order valence-corrected chi connectivity index (χ4v) is 11.0. The number of aryl methyl sites for hydroxylation is 2. The maximum absolute atomic E-state index is 3.88. The summed E-state index contributed by atoms with van der Waals surface area (Å²) in [5.74, 6) is 7.76. The molecule has 0 unspecified atom stereocenters. The van der Waals surface area contributed by atoms with Crippen molar-refractivity contribution in [3.63, 3.8) is 0 Å². The summed E-state index contributed by atoms with van der Waals surface area (Å²) in [5, 5.41) is 9.66. The Morgan fingerprint density at radius 2 is 0.667 bits per heavy atom. The first kappa shape index (κ1) is 46.8. The van der Waals surface area contributed by atoms with Crippen molar-refractivity contribution in [2.45, 2.75) is 105 Å². The monoisotopic (exact) mass is 935 g/mol. The minimum atomic E-state index is -0.468. The van der Waals surface area contributed by atoms with Crippen LogP contribution in [0.15, 0.2) is 182 Å². The Balaban J connectivity index is 1.42. The molecule has 72 heavy (non-hydrogen) atoms. The van der Waals surface area contributed by atoms with Crippen LogP contribution in [-0.2, 0) is 21.7 Å². The number of anilines is 6. The van der Waals surface area contributed by atoms with Crippen molar-refractivity contribution in [2.75, 3.05) is 9.80 Å². The summed E-state index contributed by atoms with van der Waals surface area (Å²) in [6, 6.07) is 69.2. The van der Waals surface area contributed by atoms with Gasteiger partial charge in [-0.25, -0.2) is 0 Å². The second kappa shape index (κ2) is 17.0. The molecule has 2 aliphatic rings. The maximum atomic E-state index is 3.88. The highest BCUT2D eigenvalue weighted by Crippen LogP contribution is 2.55. The highest BCUT2D eigenvalue weighted by molar-refractivity contribution is 6.31. The van der Waals surface area contributed by atoms with Gasteiger partial charge in [0.05, 0.1) is 22.2 Å². The van der Waals surface area contributed by atoms with Crippen molar-refractivity contribution in [1.82, 2.24) is 0 Å². The average molecular weight is 935 g/mol. The summed E-state index contributed by atoms with van der Waals surface area (Å²) in [7, 11) is 0. The molecule has 0 N–H and O–H groups in total. The zero-order chi connectivity index (χ0) is 50.5. The Morgan fingerprint density at radius 3 is 1.10 bits per heavy atom. The van der Waals surface area contributed by atoms with Gasteiger partial charge in [0.2, 0.25) is 0 Å². The van der Waals surface area contributed by atoms with Gasteiger partial charge in [0.15, 0.2) is 0 Å². The van der Waals surface area contributed by atoms with Crippen molar-refractivity contribution < 1.29 is 0 Å². The molecule has 12 rings (SSSR count). The average Bonchev–Trinajstić information content (AvgIpc) is 3.36. The topological polar surface area (TPSA) is 6.48 Å². The molecule has 0 amide bonds. The Morgan fingerprint density at radius 1 is 0.333 bits per heavy atom. The van der Waals surface area contributed by atoms with Gasteiger partial charge in [0.1, 0.15) is 0 Å². The SMILES string of the molecule is Cc1ccc(N(c2ccccc2)c2c3ccc4cc3c(c3ccc(C(C)(C)C)cc23)-c2c3cc(C(C)(C)C)ccc3c(N(c3ccccc3)c3ccc(C)cc3)c3cc(ccc23)C(C)(C)C#CC4(C)C)cc1. The Labute approximate surface area is 428 Å². The number of hydrogen-bond acceptors (Lipinski definition) is 2. The molecule has 0 spiro atoms. The zero-order valence-corrected chi connectivity index (χ0v) is 44.2. The van der Waals surface area contributed by atoms with Gasteiger partial charge in [-0.1, -0.05) is 174 Å². The van der Waals surface area contributed by atoms with Crippen molar-refractivity contribution in [1.29, 1.82) is 0 Å². The number of benzene rings is 10. The molecule has 0 fully saturated rings. The first-order valence-electron chi connectivity index (χ1n) is 25.8. The highest BCUT2D eigenvalue weighted by atomic mass is 15.2. The molecule has 0 heterocycles. The zero-order valence-electron chi connectivity index (χ0n) is 44.2. The largest absolute Gasteiger partial charge is 0.309 e. The second-order valence-corrected chi connectivity index (χ2v) is 23.5. The molecule has 10 aromatic carbocycles. The summed E-state index contributed by atoms with van der Waals surface area (Å²) < 4.78 is 0. The predicted octanol–water partition coefficient (Wildman–Crippen LogP) is 19.7. The van der Waals surface area contributed by atoms with Crippen LogP contribution in [0, 0.1) is 25.7 Å². The summed E-state index contributed by atoms with van der Waals surface area (Å²) in [6.07, 6.45) is 0. The van der Waals surface area contributed by atoms with Crippen molar-refractivity contribution >= 4 is 77.2 Å². The third-order valence-electron chi connectivity index (χ3n) is 15.3. The standard InChI is InChI=1S/C70H66N2/c1-45-23-31-53(32-24-45)71(51-19-15-13-16-20-51)65-58-38-30-49-43-60(58)64(55-35-27-48(42-61(55)65)68(6,7)8)63-56-36-29-50(70(11,12)40-39-69(49,9)10)44-62(56)66(57-37-28-47(41-59(57)63)67(3,4)5)72(52-21-17-14-18-22-52)54-33-25-46(2)26-34-54/h13-38,41-44H,1-12H3. The van der Waals surface area contributed by atoms with Gasteiger partial charge in [-0.15, -0.1) is 0 Å². The number of fused-ring (bicyclic) bond motifs is 5. The van der Waals surface area contributed by atoms with E-state index < -0.39 is 10.8 Å². The molecule has 2 aliphatic carbocycles. The number of hydrogen-bond donors (Lipinski definition) is 0. The van der Waals surface area contributed by atoms with Gasteiger partial charge in [-0.2, -0.15) is 0 Å². The van der Waals surface area contributed by atoms with Gasteiger partial charge in [-0.3, -0.25) is 0 Å². The molecular weight excluding hydrogens is 869 g/mol. The summed E-state index contributed by atoms with van der Waals surface area (Å²) >= 11 is 0. The molecule has 0 saturated carbocycles. The van der Waals surface area contributed by atoms with Crippen LogP contribution in [-0.4, -0.2) is 0 Å². The highest BCUT2D eigenvalue weighted by Gasteiger charge is 2.32. The lowest BCUT2D eigenvalue weighted by molar-refractivity contribution is 0.591. The fourth-order valence-electron chi connectivity index (χ4n) is 11.0. The van der Waals surface area contributed by atoms with E-state index in [4.69, 9.17) is 0 Å². The van der Waals surface area contributed by atoms with E-state index in [0.717, 1.165) is 28.4 Å². The van der Waals surface area contributed by atoms with Gasteiger partial charge in [0, 0.05) is 44.3 Å².